The third-order valence-electron chi connectivity index (χ3n) is 9.27. The molecule has 9 heteroatoms. The number of alkyl halides is 3. The van der Waals surface area contributed by atoms with Crippen molar-refractivity contribution in [3.63, 3.8) is 0 Å². The summed E-state index contributed by atoms with van der Waals surface area (Å²) >= 11 is 0. The van der Waals surface area contributed by atoms with Crippen LogP contribution in [0.3, 0.4) is 0 Å². The molecule has 232 valence electrons. The van der Waals surface area contributed by atoms with E-state index in [1.807, 2.05) is 12.1 Å². The minimum Gasteiger partial charge on any atom is -0.381 e. The second kappa shape index (κ2) is 14.6. The monoisotopic (exact) mass is 587 g/mol. The van der Waals surface area contributed by atoms with E-state index in [0.29, 0.717) is 29.9 Å². The zero-order chi connectivity index (χ0) is 30.3. The van der Waals surface area contributed by atoms with Gasteiger partial charge in [0.05, 0.1) is 16.9 Å². The first-order valence-corrected chi connectivity index (χ1v) is 15.7. The average Bonchev–Trinajstić information content (AvgIpc) is 3.01. The molecule has 0 aromatic heterocycles. The number of carbonyl (C=O) groups is 1. The van der Waals surface area contributed by atoms with Crippen molar-refractivity contribution in [1.82, 2.24) is 9.80 Å². The van der Waals surface area contributed by atoms with E-state index in [2.05, 4.69) is 52.6 Å². The van der Waals surface area contributed by atoms with Gasteiger partial charge in [-0.2, -0.15) is 13.2 Å². The van der Waals surface area contributed by atoms with Gasteiger partial charge in [-0.25, -0.2) is 0 Å². The Bertz CT molecular complexity index is 1130. The Labute approximate surface area is 249 Å². The van der Waals surface area contributed by atoms with Crippen molar-refractivity contribution in [2.24, 2.45) is 0 Å². The van der Waals surface area contributed by atoms with Gasteiger partial charge in [-0.15, -0.1) is 0 Å². The smallest absolute Gasteiger partial charge is 0.381 e. The molecule has 0 unspecified atom stereocenters. The molecule has 2 aliphatic rings. The van der Waals surface area contributed by atoms with Crippen molar-refractivity contribution in [3.8, 4) is 0 Å². The Morgan fingerprint density at radius 3 is 1.62 bits per heavy atom. The molecule has 1 N–H and O–H groups in total. The van der Waals surface area contributed by atoms with Crippen LogP contribution in [-0.4, -0.2) is 80.5 Å². The fraction of sp³-hybridized carbons (Fsp3) is 0.606. The number of rotatable bonds is 12. The maximum atomic E-state index is 13.1. The van der Waals surface area contributed by atoms with Gasteiger partial charge in [-0.1, -0.05) is 33.8 Å². The standard InChI is InChI=1S/C33H48F3N5O/c1-5-29(6-2)38-15-19-40(20-16-38)31-25(23-37-28-13-11-27(12-14-28)33(34,35)36)9-10-26(24-42)32(31)41-21-17-39(18-22-41)30(7-3)8-4/h9-14,24,29-30,37H,5-8,15-23H2,1-4H3. The van der Waals surface area contributed by atoms with E-state index in [0.717, 1.165) is 113 Å². The van der Waals surface area contributed by atoms with Crippen LogP contribution in [0, 0.1) is 0 Å². The molecule has 4 rings (SSSR count). The number of aldehydes is 1. The molecule has 0 saturated carbocycles. The van der Waals surface area contributed by atoms with Crippen LogP contribution in [0.2, 0.25) is 0 Å². The molecule has 2 aromatic rings. The Morgan fingerprint density at radius 1 is 0.714 bits per heavy atom. The lowest BCUT2D eigenvalue weighted by atomic mass is 10.0. The molecule has 2 heterocycles. The molecule has 0 bridgehead atoms. The minimum absolute atomic E-state index is 0.452. The number of halogens is 3. The molecular formula is C33H48F3N5O. The number of nitrogens with zero attached hydrogens (tertiary/aromatic N) is 4. The third-order valence-corrected chi connectivity index (χ3v) is 9.27. The molecule has 2 aromatic carbocycles. The molecule has 42 heavy (non-hydrogen) atoms. The topological polar surface area (TPSA) is 42.1 Å². The number of benzene rings is 2. The van der Waals surface area contributed by atoms with Crippen molar-refractivity contribution >= 4 is 23.3 Å². The number of carbonyl (C=O) groups excluding carboxylic acids is 1. The Balaban J connectivity index is 1.63. The summed E-state index contributed by atoms with van der Waals surface area (Å²) in [7, 11) is 0. The van der Waals surface area contributed by atoms with Gasteiger partial charge in [-0.3, -0.25) is 14.6 Å². The van der Waals surface area contributed by atoms with Crippen LogP contribution < -0.4 is 15.1 Å². The number of hydrogen-bond donors (Lipinski definition) is 1. The molecule has 2 fully saturated rings. The Hall–Kier alpha value is -2.78. The molecule has 6 nitrogen and oxygen atoms in total. The van der Waals surface area contributed by atoms with Gasteiger partial charge in [0.15, 0.2) is 6.29 Å². The van der Waals surface area contributed by atoms with E-state index in [4.69, 9.17) is 0 Å². The van der Waals surface area contributed by atoms with E-state index in [-0.39, 0.29) is 0 Å². The molecule has 0 radical (unpaired) electrons. The Morgan fingerprint density at radius 2 is 1.19 bits per heavy atom. The van der Waals surface area contributed by atoms with Crippen LogP contribution in [0.1, 0.15) is 74.9 Å². The van der Waals surface area contributed by atoms with Crippen LogP contribution in [0.4, 0.5) is 30.2 Å². The summed E-state index contributed by atoms with van der Waals surface area (Å²) in [4.78, 5) is 22.4. The number of nitrogens with one attached hydrogen (secondary N) is 1. The fourth-order valence-electron chi connectivity index (χ4n) is 6.77. The van der Waals surface area contributed by atoms with Crippen LogP contribution >= 0.6 is 0 Å². The maximum Gasteiger partial charge on any atom is 0.416 e. The number of anilines is 3. The van der Waals surface area contributed by atoms with Crippen LogP contribution in [0.5, 0.6) is 0 Å². The Kier molecular flexibility index (Phi) is 11.2. The molecule has 0 amide bonds. The highest BCUT2D eigenvalue weighted by molar-refractivity contribution is 5.93. The first-order chi connectivity index (χ1) is 20.2. The van der Waals surface area contributed by atoms with Gasteiger partial charge < -0.3 is 15.1 Å². The van der Waals surface area contributed by atoms with Crippen LogP contribution in [0.25, 0.3) is 0 Å². The molecule has 2 aliphatic heterocycles. The second-order valence-corrected chi connectivity index (χ2v) is 11.5. The molecule has 0 aliphatic carbocycles. The van der Waals surface area contributed by atoms with E-state index < -0.39 is 11.7 Å². The first-order valence-electron chi connectivity index (χ1n) is 15.7. The normalized spacial score (nSPS) is 17.4. The van der Waals surface area contributed by atoms with Crippen molar-refractivity contribution in [2.75, 3.05) is 67.5 Å². The highest BCUT2D eigenvalue weighted by Crippen LogP contribution is 2.38. The van der Waals surface area contributed by atoms with Crippen molar-refractivity contribution in [3.05, 3.63) is 53.1 Å². The van der Waals surface area contributed by atoms with Crippen molar-refractivity contribution < 1.29 is 18.0 Å². The van der Waals surface area contributed by atoms with Crippen molar-refractivity contribution in [2.45, 2.75) is 78.2 Å². The summed E-state index contributed by atoms with van der Waals surface area (Å²) in [5, 5.41) is 3.35. The quantitative estimate of drug-likeness (QED) is 0.277. The fourth-order valence-corrected chi connectivity index (χ4v) is 6.77. The van der Waals surface area contributed by atoms with Gasteiger partial charge in [0.1, 0.15) is 0 Å². The third kappa shape index (κ3) is 7.40. The maximum absolute atomic E-state index is 13.1. The highest BCUT2D eigenvalue weighted by atomic mass is 19.4. The summed E-state index contributed by atoms with van der Waals surface area (Å²) in [6, 6.07) is 10.3. The lowest BCUT2D eigenvalue weighted by molar-refractivity contribution is -0.137. The van der Waals surface area contributed by atoms with E-state index in [9.17, 15) is 18.0 Å². The summed E-state index contributed by atoms with van der Waals surface area (Å²) in [6.07, 6.45) is 1.14. The first kappa shape index (κ1) is 32.1. The summed E-state index contributed by atoms with van der Waals surface area (Å²) in [6.45, 7) is 16.7. The van der Waals surface area contributed by atoms with Crippen molar-refractivity contribution in [1.29, 1.82) is 0 Å². The second-order valence-electron chi connectivity index (χ2n) is 11.5. The molecule has 0 atom stereocenters. The van der Waals surface area contributed by atoms with Crippen LogP contribution in [-0.2, 0) is 12.7 Å². The summed E-state index contributed by atoms with van der Waals surface area (Å²) in [5.74, 6) is 0. The molecule has 0 spiro atoms. The largest absolute Gasteiger partial charge is 0.416 e. The molecule has 2 saturated heterocycles. The highest BCUT2D eigenvalue weighted by Gasteiger charge is 2.31. The van der Waals surface area contributed by atoms with Gasteiger partial charge in [-0.05, 0) is 61.6 Å². The van der Waals surface area contributed by atoms with E-state index in [1.54, 1.807) is 0 Å². The lowest BCUT2D eigenvalue weighted by Crippen LogP contribution is -2.52. The van der Waals surface area contributed by atoms with E-state index >= 15 is 0 Å². The van der Waals surface area contributed by atoms with Gasteiger partial charge in [0.2, 0.25) is 0 Å². The lowest BCUT2D eigenvalue weighted by Gasteiger charge is -2.44. The summed E-state index contributed by atoms with van der Waals surface area (Å²) in [5.41, 5.74) is 3.80. The predicted octanol–water partition coefficient (Wildman–Crippen LogP) is 6.75. The summed E-state index contributed by atoms with van der Waals surface area (Å²) < 4.78 is 39.3. The zero-order valence-corrected chi connectivity index (χ0v) is 25.7. The van der Waals surface area contributed by atoms with E-state index in [1.165, 1.54) is 12.1 Å². The zero-order valence-electron chi connectivity index (χ0n) is 25.7. The van der Waals surface area contributed by atoms with Gasteiger partial charge in [0.25, 0.3) is 0 Å². The number of hydrogen-bond acceptors (Lipinski definition) is 6. The van der Waals surface area contributed by atoms with Gasteiger partial charge in [0, 0.05) is 82.2 Å². The predicted molar refractivity (Wildman–Crippen MR) is 167 cm³/mol. The number of piperazine rings is 2. The van der Waals surface area contributed by atoms with Gasteiger partial charge >= 0.3 is 6.18 Å². The minimum atomic E-state index is -4.36. The average molecular weight is 588 g/mol. The molecular weight excluding hydrogens is 539 g/mol. The van der Waals surface area contributed by atoms with Crippen LogP contribution in [0.15, 0.2) is 36.4 Å². The SMILES string of the molecule is CCC(CC)N1CCN(c2c(C=O)ccc(CNc3ccc(C(F)(F)F)cc3)c2N2CCN(C(CC)CC)CC2)CC1.